The Morgan fingerprint density at radius 1 is 1.28 bits per heavy atom. The van der Waals surface area contributed by atoms with Crippen molar-refractivity contribution in [2.45, 2.75) is 37.8 Å². The Bertz CT molecular complexity index is 735. The van der Waals surface area contributed by atoms with Gasteiger partial charge in [0.05, 0.1) is 25.5 Å². The molecule has 25 heavy (non-hydrogen) atoms. The maximum absolute atomic E-state index is 11.3. The summed E-state index contributed by atoms with van der Waals surface area (Å²) in [6.45, 7) is 2.77. The Kier molecular flexibility index (Phi) is 4.37. The lowest BCUT2D eigenvalue weighted by Crippen LogP contribution is -2.43. The molecule has 2 aromatic rings. The predicted molar refractivity (Wildman–Crippen MR) is 86.9 cm³/mol. The van der Waals surface area contributed by atoms with Crippen molar-refractivity contribution >= 4 is 5.91 Å². The van der Waals surface area contributed by atoms with Crippen LogP contribution in [0.15, 0.2) is 36.5 Å². The number of benzene rings is 1. The van der Waals surface area contributed by atoms with E-state index in [4.69, 9.17) is 14.2 Å². The third kappa shape index (κ3) is 3.35. The van der Waals surface area contributed by atoms with Crippen LogP contribution in [0.3, 0.4) is 0 Å². The lowest BCUT2D eigenvalue weighted by atomic mass is 10.1. The number of carbonyl (C=O) groups is 1. The number of hydrogen-bond acceptors (Lipinski definition) is 6. The number of rotatable bonds is 5. The predicted octanol–water partition coefficient (Wildman–Crippen LogP) is 0.700. The van der Waals surface area contributed by atoms with Crippen LogP contribution in [0.4, 0.5) is 0 Å². The third-order valence-corrected chi connectivity index (χ3v) is 4.44. The molecule has 8 nitrogen and oxygen atoms in total. The molecule has 1 aromatic carbocycles. The van der Waals surface area contributed by atoms with Gasteiger partial charge in [-0.3, -0.25) is 4.79 Å². The molecule has 2 saturated heterocycles. The van der Waals surface area contributed by atoms with Crippen molar-refractivity contribution in [3.05, 3.63) is 42.2 Å². The van der Waals surface area contributed by atoms with E-state index in [9.17, 15) is 4.79 Å². The lowest BCUT2D eigenvalue weighted by molar-refractivity contribution is -0.120. The SMILES string of the molecule is CC(=O)N[C@@H]1CO[C@@H]2[C@@H]1OC[C@@H]2n1cc(COc2ccccc2)nn1. The average Bonchev–Trinajstić information content (AvgIpc) is 3.31. The molecule has 2 aliphatic rings. The quantitative estimate of drug-likeness (QED) is 0.859. The van der Waals surface area contributed by atoms with Crippen LogP contribution in [0.1, 0.15) is 18.7 Å². The molecule has 1 aromatic heterocycles. The molecule has 132 valence electrons. The van der Waals surface area contributed by atoms with Gasteiger partial charge in [0, 0.05) is 6.92 Å². The van der Waals surface area contributed by atoms with Gasteiger partial charge in [-0.05, 0) is 12.1 Å². The molecule has 0 spiro atoms. The first kappa shape index (κ1) is 16.0. The van der Waals surface area contributed by atoms with Crippen LogP contribution in [0.2, 0.25) is 0 Å². The number of carbonyl (C=O) groups excluding carboxylic acids is 1. The molecular formula is C17H20N4O4. The van der Waals surface area contributed by atoms with Crippen LogP contribution in [-0.4, -0.2) is 52.4 Å². The van der Waals surface area contributed by atoms with Gasteiger partial charge < -0.3 is 19.5 Å². The zero-order valence-electron chi connectivity index (χ0n) is 13.9. The van der Waals surface area contributed by atoms with E-state index in [0.717, 1.165) is 11.4 Å². The maximum Gasteiger partial charge on any atom is 0.217 e. The molecule has 2 aliphatic heterocycles. The normalized spacial score (nSPS) is 27.9. The smallest absolute Gasteiger partial charge is 0.217 e. The van der Waals surface area contributed by atoms with Crippen molar-refractivity contribution in [2.24, 2.45) is 0 Å². The minimum Gasteiger partial charge on any atom is -0.487 e. The number of fused-ring (bicyclic) bond motifs is 1. The van der Waals surface area contributed by atoms with Crippen molar-refractivity contribution in [3.63, 3.8) is 0 Å². The maximum atomic E-state index is 11.3. The summed E-state index contributed by atoms with van der Waals surface area (Å²) in [5.41, 5.74) is 0.740. The lowest BCUT2D eigenvalue weighted by Gasteiger charge is -2.16. The highest BCUT2D eigenvalue weighted by atomic mass is 16.6. The van der Waals surface area contributed by atoms with E-state index in [0.29, 0.717) is 19.8 Å². The fraction of sp³-hybridized carbons (Fsp3) is 0.471. The molecule has 0 radical (unpaired) electrons. The second kappa shape index (κ2) is 6.81. The molecule has 2 fully saturated rings. The Balaban J connectivity index is 1.38. The molecule has 1 amide bonds. The van der Waals surface area contributed by atoms with E-state index in [1.807, 2.05) is 36.5 Å². The summed E-state index contributed by atoms with van der Waals surface area (Å²) in [6.07, 6.45) is 1.57. The van der Waals surface area contributed by atoms with Crippen molar-refractivity contribution < 1.29 is 19.0 Å². The van der Waals surface area contributed by atoms with Gasteiger partial charge in [-0.25, -0.2) is 4.68 Å². The number of ether oxygens (including phenoxy) is 3. The van der Waals surface area contributed by atoms with Crippen LogP contribution >= 0.6 is 0 Å². The first-order valence-electron chi connectivity index (χ1n) is 8.29. The van der Waals surface area contributed by atoms with Crippen LogP contribution in [-0.2, 0) is 20.9 Å². The Labute approximate surface area is 145 Å². The Hall–Kier alpha value is -2.45. The molecule has 4 atom stereocenters. The number of para-hydroxylation sites is 1. The standard InChI is InChI=1S/C17H20N4O4/c1-11(22)18-14-9-24-17-15(10-25-16(14)17)21-7-12(19-20-21)8-23-13-5-3-2-4-6-13/h2-7,14-17H,8-10H2,1H3,(H,18,22)/t14-,15+,16-,17+/m1/s1. The number of amides is 1. The van der Waals surface area contributed by atoms with Crippen LogP contribution in [0, 0.1) is 0 Å². The van der Waals surface area contributed by atoms with E-state index in [-0.39, 0.29) is 30.2 Å². The van der Waals surface area contributed by atoms with Crippen molar-refractivity contribution in [1.82, 2.24) is 20.3 Å². The number of hydrogen-bond donors (Lipinski definition) is 1. The van der Waals surface area contributed by atoms with Crippen molar-refractivity contribution in [3.8, 4) is 5.75 Å². The molecule has 3 heterocycles. The number of nitrogens with one attached hydrogen (secondary N) is 1. The topological polar surface area (TPSA) is 87.5 Å². The second-order valence-electron chi connectivity index (χ2n) is 6.26. The van der Waals surface area contributed by atoms with Gasteiger partial charge in [0.25, 0.3) is 0 Å². The Morgan fingerprint density at radius 2 is 2.08 bits per heavy atom. The van der Waals surface area contributed by atoms with E-state index in [1.54, 1.807) is 4.68 Å². The van der Waals surface area contributed by atoms with E-state index >= 15 is 0 Å². The highest BCUT2D eigenvalue weighted by molar-refractivity contribution is 5.73. The minimum absolute atomic E-state index is 0.0540. The summed E-state index contributed by atoms with van der Waals surface area (Å²) in [5, 5.41) is 11.2. The highest BCUT2D eigenvalue weighted by Crippen LogP contribution is 2.33. The highest BCUT2D eigenvalue weighted by Gasteiger charge is 2.49. The monoisotopic (exact) mass is 344 g/mol. The molecular weight excluding hydrogens is 324 g/mol. The van der Waals surface area contributed by atoms with Gasteiger partial charge in [-0.1, -0.05) is 23.4 Å². The van der Waals surface area contributed by atoms with Crippen LogP contribution < -0.4 is 10.1 Å². The van der Waals surface area contributed by atoms with E-state index in [2.05, 4.69) is 15.6 Å². The van der Waals surface area contributed by atoms with Gasteiger partial charge in [0.15, 0.2) is 0 Å². The van der Waals surface area contributed by atoms with Gasteiger partial charge in [-0.2, -0.15) is 0 Å². The fourth-order valence-electron chi connectivity index (χ4n) is 3.31. The van der Waals surface area contributed by atoms with Gasteiger partial charge in [0.1, 0.15) is 36.3 Å². The summed E-state index contributed by atoms with van der Waals surface area (Å²) in [5.74, 6) is 0.709. The summed E-state index contributed by atoms with van der Waals surface area (Å²) in [7, 11) is 0. The summed E-state index contributed by atoms with van der Waals surface area (Å²) in [6, 6.07) is 9.41. The third-order valence-electron chi connectivity index (χ3n) is 4.44. The second-order valence-corrected chi connectivity index (χ2v) is 6.26. The molecule has 0 aliphatic carbocycles. The van der Waals surface area contributed by atoms with Crippen molar-refractivity contribution in [2.75, 3.05) is 13.2 Å². The van der Waals surface area contributed by atoms with Crippen LogP contribution in [0.25, 0.3) is 0 Å². The largest absolute Gasteiger partial charge is 0.487 e. The molecule has 0 saturated carbocycles. The van der Waals surface area contributed by atoms with Gasteiger partial charge in [0.2, 0.25) is 5.91 Å². The Morgan fingerprint density at radius 3 is 2.88 bits per heavy atom. The number of aromatic nitrogens is 3. The summed E-state index contributed by atoms with van der Waals surface area (Å²) in [4.78, 5) is 11.3. The molecule has 8 heteroatoms. The molecule has 0 unspecified atom stereocenters. The minimum atomic E-state index is -0.151. The van der Waals surface area contributed by atoms with E-state index < -0.39 is 0 Å². The zero-order chi connectivity index (χ0) is 17.2. The first-order chi connectivity index (χ1) is 12.2. The summed E-state index contributed by atoms with van der Waals surface area (Å²) < 4.78 is 19.1. The van der Waals surface area contributed by atoms with Crippen molar-refractivity contribution in [1.29, 1.82) is 0 Å². The average molecular weight is 344 g/mol. The molecule has 0 bridgehead atoms. The molecule has 4 rings (SSSR count). The summed E-state index contributed by atoms with van der Waals surface area (Å²) >= 11 is 0. The number of nitrogens with zero attached hydrogens (tertiary/aromatic N) is 3. The van der Waals surface area contributed by atoms with Gasteiger partial charge >= 0.3 is 0 Å². The fourth-order valence-corrected chi connectivity index (χ4v) is 3.31. The van der Waals surface area contributed by atoms with Crippen LogP contribution in [0.5, 0.6) is 5.75 Å². The molecule has 1 N–H and O–H groups in total. The van der Waals surface area contributed by atoms with Gasteiger partial charge in [-0.15, -0.1) is 5.10 Å². The zero-order valence-corrected chi connectivity index (χ0v) is 13.9. The van der Waals surface area contributed by atoms with E-state index in [1.165, 1.54) is 6.92 Å². The first-order valence-corrected chi connectivity index (χ1v) is 8.29.